The second-order valence-electron chi connectivity index (χ2n) is 4.21. The third-order valence-electron chi connectivity index (χ3n) is 2.59. The molecule has 2 rings (SSSR count). The summed E-state index contributed by atoms with van der Waals surface area (Å²) in [5, 5.41) is 11.3. The maximum atomic E-state index is 12.1. The number of carbonyl (C=O) groups excluding carboxylic acids is 1. The number of benzene rings is 1. The number of hydrogen-bond acceptors (Lipinski definition) is 5. The zero-order chi connectivity index (χ0) is 14.7. The standard InChI is InChI=1S/C12H14ClN5OS/c1-7(20-12-17-15-6-18(12)2)11(19)16-10-5-8(13)3-4-9(10)14/h3-7H,14H2,1-2H3,(H,16,19). The molecular formula is C12H14ClN5OS. The third kappa shape index (κ3) is 3.43. The molecular weight excluding hydrogens is 298 g/mol. The van der Waals surface area contributed by atoms with Crippen LogP contribution in [0.25, 0.3) is 0 Å². The van der Waals surface area contributed by atoms with Gasteiger partial charge < -0.3 is 15.6 Å². The molecule has 1 amide bonds. The van der Waals surface area contributed by atoms with Crippen molar-refractivity contribution >= 4 is 40.6 Å². The number of nitrogens with zero attached hydrogens (tertiary/aromatic N) is 3. The van der Waals surface area contributed by atoms with Gasteiger partial charge in [0.1, 0.15) is 6.33 Å². The molecule has 0 spiro atoms. The molecule has 0 bridgehead atoms. The van der Waals surface area contributed by atoms with Crippen LogP contribution >= 0.6 is 23.4 Å². The number of halogens is 1. The first-order valence-electron chi connectivity index (χ1n) is 5.84. The molecule has 1 aromatic carbocycles. The number of thioether (sulfide) groups is 1. The largest absolute Gasteiger partial charge is 0.397 e. The molecule has 0 aliphatic heterocycles. The fourth-order valence-electron chi connectivity index (χ4n) is 1.46. The molecule has 8 heteroatoms. The van der Waals surface area contributed by atoms with Crippen molar-refractivity contribution < 1.29 is 4.79 Å². The fraction of sp³-hybridized carbons (Fsp3) is 0.250. The van der Waals surface area contributed by atoms with Crippen LogP contribution in [0.15, 0.2) is 29.7 Å². The summed E-state index contributed by atoms with van der Waals surface area (Å²) in [5.74, 6) is -0.174. The van der Waals surface area contributed by atoms with Gasteiger partial charge in [0.15, 0.2) is 5.16 Å². The Labute approximate surface area is 125 Å². The molecule has 1 atom stereocenters. The lowest BCUT2D eigenvalue weighted by atomic mass is 10.2. The van der Waals surface area contributed by atoms with E-state index in [1.54, 1.807) is 36.0 Å². The van der Waals surface area contributed by atoms with Crippen molar-refractivity contribution in [3.05, 3.63) is 29.5 Å². The van der Waals surface area contributed by atoms with Crippen LogP contribution in [0.1, 0.15) is 6.92 Å². The van der Waals surface area contributed by atoms with E-state index in [1.165, 1.54) is 11.8 Å². The fourth-order valence-corrected chi connectivity index (χ4v) is 2.42. The molecule has 1 aromatic heterocycles. The normalized spacial score (nSPS) is 12.2. The number of aromatic nitrogens is 3. The smallest absolute Gasteiger partial charge is 0.237 e. The molecule has 0 saturated heterocycles. The van der Waals surface area contributed by atoms with E-state index in [0.29, 0.717) is 21.6 Å². The zero-order valence-electron chi connectivity index (χ0n) is 11.0. The highest BCUT2D eigenvalue weighted by molar-refractivity contribution is 8.00. The highest BCUT2D eigenvalue weighted by Crippen LogP contribution is 2.25. The minimum atomic E-state index is -0.337. The summed E-state index contributed by atoms with van der Waals surface area (Å²) >= 11 is 7.20. The molecule has 1 heterocycles. The van der Waals surface area contributed by atoms with Crippen molar-refractivity contribution in [2.75, 3.05) is 11.1 Å². The summed E-state index contributed by atoms with van der Waals surface area (Å²) in [7, 11) is 1.82. The van der Waals surface area contributed by atoms with E-state index in [-0.39, 0.29) is 11.2 Å². The molecule has 0 aliphatic carbocycles. The summed E-state index contributed by atoms with van der Waals surface area (Å²) in [5.41, 5.74) is 6.77. The van der Waals surface area contributed by atoms with Gasteiger partial charge in [0.05, 0.1) is 16.6 Å². The number of anilines is 2. The first-order valence-corrected chi connectivity index (χ1v) is 7.09. The molecule has 0 fully saturated rings. The Kier molecular flexibility index (Phi) is 4.51. The van der Waals surface area contributed by atoms with Crippen LogP contribution in [0.5, 0.6) is 0 Å². The summed E-state index contributed by atoms with van der Waals surface area (Å²) in [6, 6.07) is 4.94. The maximum Gasteiger partial charge on any atom is 0.237 e. The van der Waals surface area contributed by atoms with Gasteiger partial charge in [-0.15, -0.1) is 10.2 Å². The van der Waals surface area contributed by atoms with Crippen molar-refractivity contribution in [1.29, 1.82) is 0 Å². The van der Waals surface area contributed by atoms with Gasteiger partial charge in [-0.25, -0.2) is 0 Å². The number of carbonyl (C=O) groups is 1. The first kappa shape index (κ1) is 14.7. The maximum absolute atomic E-state index is 12.1. The van der Waals surface area contributed by atoms with Crippen molar-refractivity contribution in [1.82, 2.24) is 14.8 Å². The Bertz CT molecular complexity index is 630. The topological polar surface area (TPSA) is 85.8 Å². The van der Waals surface area contributed by atoms with Gasteiger partial charge >= 0.3 is 0 Å². The van der Waals surface area contributed by atoms with E-state index in [4.69, 9.17) is 17.3 Å². The predicted octanol–water partition coefficient (Wildman–Crippen LogP) is 2.17. The Morgan fingerprint density at radius 2 is 2.30 bits per heavy atom. The van der Waals surface area contributed by atoms with Crippen molar-refractivity contribution in [2.45, 2.75) is 17.3 Å². The average Bonchev–Trinajstić information content (AvgIpc) is 2.79. The number of nitrogens with two attached hydrogens (primary N) is 1. The van der Waals surface area contributed by atoms with Crippen LogP contribution in [0.3, 0.4) is 0 Å². The van der Waals surface area contributed by atoms with Crippen molar-refractivity contribution in [3.8, 4) is 0 Å². The number of nitrogen functional groups attached to an aromatic ring is 1. The SMILES string of the molecule is CC(Sc1nncn1C)C(=O)Nc1cc(Cl)ccc1N. The molecule has 0 radical (unpaired) electrons. The van der Waals surface area contributed by atoms with Crippen molar-refractivity contribution in [2.24, 2.45) is 7.05 Å². The number of hydrogen-bond donors (Lipinski definition) is 2. The van der Waals surface area contributed by atoms with Crippen LogP contribution in [0, 0.1) is 0 Å². The molecule has 0 saturated carbocycles. The Morgan fingerprint density at radius 3 is 2.95 bits per heavy atom. The molecule has 20 heavy (non-hydrogen) atoms. The number of nitrogens with one attached hydrogen (secondary N) is 1. The Balaban J connectivity index is 2.04. The van der Waals surface area contributed by atoms with E-state index in [0.717, 1.165) is 0 Å². The Hall–Kier alpha value is -1.73. The van der Waals surface area contributed by atoms with Crippen LogP contribution in [-0.2, 0) is 11.8 Å². The van der Waals surface area contributed by atoms with Gasteiger partial charge in [-0.3, -0.25) is 4.79 Å². The second-order valence-corrected chi connectivity index (χ2v) is 5.95. The monoisotopic (exact) mass is 311 g/mol. The first-order chi connectivity index (χ1) is 9.47. The minimum Gasteiger partial charge on any atom is -0.397 e. The highest BCUT2D eigenvalue weighted by atomic mass is 35.5. The molecule has 3 N–H and O–H groups in total. The lowest BCUT2D eigenvalue weighted by Crippen LogP contribution is -2.23. The number of rotatable bonds is 4. The molecule has 0 aliphatic rings. The number of amides is 1. The predicted molar refractivity (Wildman–Crippen MR) is 80.8 cm³/mol. The lowest BCUT2D eigenvalue weighted by molar-refractivity contribution is -0.115. The molecule has 106 valence electrons. The summed E-state index contributed by atoms with van der Waals surface area (Å²) in [6.45, 7) is 1.79. The molecule has 6 nitrogen and oxygen atoms in total. The summed E-state index contributed by atoms with van der Waals surface area (Å²) < 4.78 is 1.75. The van der Waals surface area contributed by atoms with E-state index in [2.05, 4.69) is 15.5 Å². The van der Waals surface area contributed by atoms with Gasteiger partial charge in [0.25, 0.3) is 0 Å². The highest BCUT2D eigenvalue weighted by Gasteiger charge is 2.18. The van der Waals surface area contributed by atoms with Gasteiger partial charge in [0, 0.05) is 12.1 Å². The zero-order valence-corrected chi connectivity index (χ0v) is 12.6. The van der Waals surface area contributed by atoms with Crippen LogP contribution in [0.2, 0.25) is 5.02 Å². The summed E-state index contributed by atoms with van der Waals surface area (Å²) in [6.07, 6.45) is 1.59. The van der Waals surface area contributed by atoms with E-state index in [1.807, 2.05) is 7.05 Å². The average molecular weight is 312 g/mol. The van der Waals surface area contributed by atoms with Crippen molar-refractivity contribution in [3.63, 3.8) is 0 Å². The van der Waals surface area contributed by atoms with Crippen LogP contribution < -0.4 is 11.1 Å². The third-order valence-corrected chi connectivity index (χ3v) is 3.98. The van der Waals surface area contributed by atoms with Gasteiger partial charge in [-0.2, -0.15) is 0 Å². The summed E-state index contributed by atoms with van der Waals surface area (Å²) in [4.78, 5) is 12.1. The lowest BCUT2D eigenvalue weighted by Gasteiger charge is -2.13. The van der Waals surface area contributed by atoms with E-state index >= 15 is 0 Å². The van der Waals surface area contributed by atoms with Crippen LogP contribution in [-0.4, -0.2) is 25.9 Å². The molecule has 2 aromatic rings. The van der Waals surface area contributed by atoms with Gasteiger partial charge in [0.2, 0.25) is 5.91 Å². The quantitative estimate of drug-likeness (QED) is 0.667. The van der Waals surface area contributed by atoms with Gasteiger partial charge in [-0.1, -0.05) is 23.4 Å². The minimum absolute atomic E-state index is 0.174. The van der Waals surface area contributed by atoms with Gasteiger partial charge in [-0.05, 0) is 25.1 Å². The van der Waals surface area contributed by atoms with E-state index in [9.17, 15) is 4.79 Å². The Morgan fingerprint density at radius 1 is 1.55 bits per heavy atom. The second kappa shape index (κ2) is 6.15. The van der Waals surface area contributed by atoms with E-state index < -0.39 is 0 Å². The molecule has 1 unspecified atom stereocenters. The van der Waals surface area contributed by atoms with Crippen LogP contribution in [0.4, 0.5) is 11.4 Å². The number of aryl methyl sites for hydroxylation is 1.